The highest BCUT2D eigenvalue weighted by molar-refractivity contribution is 5.76. The van der Waals surface area contributed by atoms with Crippen molar-refractivity contribution < 1.29 is 4.79 Å². The largest absolute Gasteiger partial charge is 0.348 e. The van der Waals surface area contributed by atoms with E-state index in [1.165, 1.54) is 0 Å². The van der Waals surface area contributed by atoms with Crippen molar-refractivity contribution in [3.63, 3.8) is 0 Å². The Hall–Kier alpha value is -1.32. The summed E-state index contributed by atoms with van der Waals surface area (Å²) < 4.78 is 0. The van der Waals surface area contributed by atoms with Crippen LogP contribution in [0.15, 0.2) is 6.20 Å². The first kappa shape index (κ1) is 14.7. The summed E-state index contributed by atoms with van der Waals surface area (Å²) >= 11 is 0. The van der Waals surface area contributed by atoms with Gasteiger partial charge in [-0.25, -0.2) is 4.98 Å². The molecule has 101 valence electrons. The van der Waals surface area contributed by atoms with E-state index in [0.29, 0.717) is 6.42 Å². The van der Waals surface area contributed by atoms with Crippen LogP contribution >= 0.6 is 0 Å². The molecular formula is C14H24N3O. The molecule has 0 saturated carbocycles. The zero-order chi connectivity index (χ0) is 13.5. The second-order valence-corrected chi connectivity index (χ2v) is 5.17. The van der Waals surface area contributed by atoms with Crippen LogP contribution in [0.2, 0.25) is 0 Å². The van der Waals surface area contributed by atoms with Crippen molar-refractivity contribution in [1.29, 1.82) is 0 Å². The molecule has 0 aromatic carbocycles. The number of nitrogens with zero attached hydrogens (tertiary/aromatic N) is 2. The molecule has 18 heavy (non-hydrogen) atoms. The van der Waals surface area contributed by atoms with Crippen LogP contribution in [0.25, 0.3) is 0 Å². The molecule has 1 rings (SSSR count). The predicted octanol–water partition coefficient (Wildman–Crippen LogP) is 2.57. The molecule has 1 amide bonds. The maximum atomic E-state index is 12.1. The predicted molar refractivity (Wildman–Crippen MR) is 72.1 cm³/mol. The highest BCUT2D eigenvalue weighted by atomic mass is 16.2. The third-order valence-corrected chi connectivity index (χ3v) is 2.96. The number of aryl methyl sites for hydroxylation is 1. The van der Waals surface area contributed by atoms with Crippen LogP contribution in [0.1, 0.15) is 52.8 Å². The number of unbranched alkanes of at least 4 members (excludes halogenated alkanes) is 1. The maximum absolute atomic E-state index is 12.1. The van der Waals surface area contributed by atoms with Crippen LogP contribution in [0, 0.1) is 6.20 Å². The fourth-order valence-corrected chi connectivity index (χ4v) is 2.26. The summed E-state index contributed by atoms with van der Waals surface area (Å²) in [7, 11) is 0. The lowest BCUT2D eigenvalue weighted by atomic mass is 10.1. The average Bonchev–Trinajstić information content (AvgIpc) is 2.76. The van der Waals surface area contributed by atoms with Crippen molar-refractivity contribution in [1.82, 2.24) is 14.9 Å². The maximum Gasteiger partial charge on any atom is 0.223 e. The molecule has 0 aliphatic carbocycles. The number of aromatic nitrogens is 2. The highest BCUT2D eigenvalue weighted by Crippen LogP contribution is 2.10. The first-order valence-electron chi connectivity index (χ1n) is 6.74. The molecule has 0 saturated heterocycles. The van der Waals surface area contributed by atoms with E-state index in [9.17, 15) is 4.79 Å². The highest BCUT2D eigenvalue weighted by Gasteiger charge is 2.19. The van der Waals surface area contributed by atoms with Crippen LogP contribution in [-0.4, -0.2) is 32.9 Å². The summed E-state index contributed by atoms with van der Waals surface area (Å²) in [6, 6.07) is 0.550. The summed E-state index contributed by atoms with van der Waals surface area (Å²) in [4.78, 5) is 21.1. The number of aromatic amines is 1. The van der Waals surface area contributed by atoms with Gasteiger partial charge in [0.05, 0.1) is 0 Å². The molecule has 4 heteroatoms. The van der Waals surface area contributed by atoms with Gasteiger partial charge in [0.2, 0.25) is 5.91 Å². The average molecular weight is 250 g/mol. The van der Waals surface area contributed by atoms with E-state index >= 15 is 0 Å². The Morgan fingerprint density at radius 1 is 1.33 bits per heavy atom. The number of carbonyl (C=O) groups excluding carboxylic acids is 1. The topological polar surface area (TPSA) is 49.0 Å². The Morgan fingerprint density at radius 3 is 2.50 bits per heavy atom. The molecule has 0 atom stereocenters. The Kier molecular flexibility index (Phi) is 5.89. The SMILES string of the molecule is CC(C)N(C(=O)CCCCc1n[c]c[nH]1)C(C)C. The lowest BCUT2D eigenvalue weighted by Gasteiger charge is -2.30. The van der Waals surface area contributed by atoms with Crippen LogP contribution in [-0.2, 0) is 11.2 Å². The second-order valence-electron chi connectivity index (χ2n) is 5.17. The number of amides is 1. The van der Waals surface area contributed by atoms with E-state index in [2.05, 4.69) is 43.9 Å². The van der Waals surface area contributed by atoms with E-state index in [1.807, 2.05) is 4.90 Å². The fraction of sp³-hybridized carbons (Fsp3) is 0.714. The Balaban J connectivity index is 2.27. The normalized spacial score (nSPS) is 11.2. The lowest BCUT2D eigenvalue weighted by Crippen LogP contribution is -2.41. The Bertz CT molecular complexity index is 336. The van der Waals surface area contributed by atoms with E-state index in [-0.39, 0.29) is 18.0 Å². The molecule has 0 aliphatic rings. The minimum Gasteiger partial charge on any atom is -0.348 e. The quantitative estimate of drug-likeness (QED) is 0.756. The van der Waals surface area contributed by atoms with Gasteiger partial charge in [0.1, 0.15) is 12.0 Å². The molecule has 4 nitrogen and oxygen atoms in total. The van der Waals surface area contributed by atoms with Crippen molar-refractivity contribution >= 4 is 5.91 Å². The van der Waals surface area contributed by atoms with Gasteiger partial charge in [-0.15, -0.1) is 0 Å². The molecule has 1 radical (unpaired) electrons. The number of hydrogen-bond acceptors (Lipinski definition) is 2. The van der Waals surface area contributed by atoms with Gasteiger partial charge in [0, 0.05) is 31.1 Å². The van der Waals surface area contributed by atoms with Gasteiger partial charge in [-0.05, 0) is 40.5 Å². The molecule has 0 fully saturated rings. The minimum absolute atomic E-state index is 0.256. The van der Waals surface area contributed by atoms with Gasteiger partial charge in [0.15, 0.2) is 0 Å². The number of imidazole rings is 1. The monoisotopic (exact) mass is 250 g/mol. The Labute approximate surface area is 110 Å². The van der Waals surface area contributed by atoms with Gasteiger partial charge in [-0.3, -0.25) is 4.79 Å². The van der Waals surface area contributed by atoms with Gasteiger partial charge in [0.25, 0.3) is 0 Å². The molecule has 0 bridgehead atoms. The lowest BCUT2D eigenvalue weighted by molar-refractivity contribution is -0.134. The minimum atomic E-state index is 0.256. The third kappa shape index (κ3) is 4.51. The molecule has 0 unspecified atom stereocenters. The Morgan fingerprint density at radius 2 is 2.00 bits per heavy atom. The van der Waals surface area contributed by atoms with E-state index in [0.717, 1.165) is 25.1 Å². The molecule has 1 heterocycles. The first-order chi connectivity index (χ1) is 8.52. The van der Waals surface area contributed by atoms with Gasteiger partial charge >= 0.3 is 0 Å². The van der Waals surface area contributed by atoms with Crippen LogP contribution in [0.4, 0.5) is 0 Å². The standard InChI is InChI=1S/C14H24N3O/c1-11(2)17(12(3)4)14(18)8-6-5-7-13-15-9-10-16-13/h9,11-12H,5-8H2,1-4H3,(H,15,16). The van der Waals surface area contributed by atoms with Crippen molar-refractivity contribution in [3.05, 3.63) is 18.2 Å². The molecule has 1 aromatic rings. The first-order valence-corrected chi connectivity index (χ1v) is 6.74. The fourth-order valence-electron chi connectivity index (χ4n) is 2.26. The molecule has 1 aromatic heterocycles. The van der Waals surface area contributed by atoms with Crippen molar-refractivity contribution in [2.45, 2.75) is 65.5 Å². The zero-order valence-electron chi connectivity index (χ0n) is 11.9. The number of carbonyl (C=O) groups is 1. The van der Waals surface area contributed by atoms with Crippen LogP contribution < -0.4 is 0 Å². The number of H-pyrrole nitrogens is 1. The summed E-state index contributed by atoms with van der Waals surface area (Å²) in [5.41, 5.74) is 0. The van der Waals surface area contributed by atoms with Gasteiger partial charge in [-0.2, -0.15) is 0 Å². The zero-order valence-corrected chi connectivity index (χ0v) is 11.9. The summed E-state index contributed by atoms with van der Waals surface area (Å²) in [5, 5.41) is 0. The second kappa shape index (κ2) is 7.19. The van der Waals surface area contributed by atoms with Gasteiger partial charge in [-0.1, -0.05) is 0 Å². The number of hydrogen-bond donors (Lipinski definition) is 1. The van der Waals surface area contributed by atoms with Crippen molar-refractivity contribution in [3.8, 4) is 0 Å². The molecule has 0 spiro atoms. The molecular weight excluding hydrogens is 226 g/mol. The number of rotatable bonds is 7. The van der Waals surface area contributed by atoms with Crippen LogP contribution in [0.5, 0.6) is 0 Å². The molecule has 1 N–H and O–H groups in total. The summed E-state index contributed by atoms with van der Waals surface area (Å²) in [5.74, 6) is 1.21. The number of nitrogens with one attached hydrogen (secondary N) is 1. The summed E-state index contributed by atoms with van der Waals surface area (Å²) in [6.45, 7) is 8.26. The smallest absolute Gasteiger partial charge is 0.223 e. The van der Waals surface area contributed by atoms with Crippen LogP contribution in [0.3, 0.4) is 0 Å². The van der Waals surface area contributed by atoms with E-state index in [1.54, 1.807) is 6.20 Å². The van der Waals surface area contributed by atoms with Crippen molar-refractivity contribution in [2.75, 3.05) is 0 Å². The van der Waals surface area contributed by atoms with E-state index < -0.39 is 0 Å². The van der Waals surface area contributed by atoms with E-state index in [4.69, 9.17) is 0 Å². The molecule has 0 aliphatic heterocycles. The summed E-state index contributed by atoms with van der Waals surface area (Å²) in [6.07, 6.45) is 7.87. The van der Waals surface area contributed by atoms with Crippen molar-refractivity contribution in [2.24, 2.45) is 0 Å². The third-order valence-electron chi connectivity index (χ3n) is 2.96. The van der Waals surface area contributed by atoms with Gasteiger partial charge < -0.3 is 9.88 Å².